The van der Waals surface area contributed by atoms with Crippen LogP contribution in [0.4, 0.5) is 10.2 Å². The minimum absolute atomic E-state index is 0.362. The minimum Gasteiger partial charge on any atom is -0.383 e. The van der Waals surface area contributed by atoms with Crippen LogP contribution in [0.1, 0.15) is 5.56 Å². The summed E-state index contributed by atoms with van der Waals surface area (Å²) in [5, 5.41) is 0. The fourth-order valence-corrected chi connectivity index (χ4v) is 3.49. The van der Waals surface area contributed by atoms with E-state index in [0.29, 0.717) is 45.6 Å². The second-order valence-electron chi connectivity index (χ2n) is 6.77. The van der Waals surface area contributed by atoms with Crippen molar-refractivity contribution in [3.63, 3.8) is 0 Å². The van der Waals surface area contributed by atoms with E-state index in [1.807, 2.05) is 41.0 Å². The highest BCUT2D eigenvalue weighted by Gasteiger charge is 2.19. The van der Waals surface area contributed by atoms with Crippen LogP contribution in [0.3, 0.4) is 0 Å². The molecule has 0 saturated heterocycles. The van der Waals surface area contributed by atoms with Crippen LogP contribution in [0, 0.1) is 5.95 Å². The molecule has 0 bridgehead atoms. The van der Waals surface area contributed by atoms with Gasteiger partial charge in [-0.3, -0.25) is 4.57 Å². The van der Waals surface area contributed by atoms with E-state index in [2.05, 4.69) is 15.0 Å². The second kappa shape index (κ2) is 7.73. The van der Waals surface area contributed by atoms with Gasteiger partial charge in [-0.05, 0) is 42.0 Å². The van der Waals surface area contributed by atoms with Crippen molar-refractivity contribution in [1.29, 1.82) is 0 Å². The van der Waals surface area contributed by atoms with E-state index in [0.717, 1.165) is 17.4 Å². The Morgan fingerprint density at radius 1 is 0.903 bits per heavy atom. The summed E-state index contributed by atoms with van der Waals surface area (Å²) < 4.78 is 15.1. The molecule has 31 heavy (non-hydrogen) atoms. The molecule has 9 heteroatoms. The summed E-state index contributed by atoms with van der Waals surface area (Å²) in [6, 6.07) is 15.1. The molecule has 0 unspecified atom stereocenters. The molecule has 0 aliphatic carbocycles. The molecule has 4 aromatic heterocycles. The van der Waals surface area contributed by atoms with Crippen molar-refractivity contribution in [1.82, 2.24) is 29.5 Å². The van der Waals surface area contributed by atoms with Gasteiger partial charge in [0.1, 0.15) is 17.0 Å². The highest BCUT2D eigenvalue weighted by molar-refractivity contribution is 6.17. The molecule has 0 spiro atoms. The van der Waals surface area contributed by atoms with Gasteiger partial charge in [-0.25, -0.2) is 24.9 Å². The van der Waals surface area contributed by atoms with Crippen molar-refractivity contribution in [2.24, 2.45) is 0 Å². The first kappa shape index (κ1) is 19.1. The van der Waals surface area contributed by atoms with Crippen LogP contribution in [-0.4, -0.2) is 29.5 Å². The molecule has 4 heterocycles. The number of imidazole rings is 1. The van der Waals surface area contributed by atoms with E-state index in [9.17, 15) is 4.39 Å². The lowest BCUT2D eigenvalue weighted by Crippen LogP contribution is -2.02. The first-order valence-corrected chi connectivity index (χ1v) is 9.91. The van der Waals surface area contributed by atoms with Crippen LogP contribution in [0.15, 0.2) is 67.1 Å². The van der Waals surface area contributed by atoms with Crippen LogP contribution in [0.5, 0.6) is 0 Å². The third-order valence-electron chi connectivity index (χ3n) is 4.82. The number of benzene rings is 1. The van der Waals surface area contributed by atoms with Crippen molar-refractivity contribution >= 4 is 28.6 Å². The lowest BCUT2D eigenvalue weighted by molar-refractivity contribution is 0.577. The molecule has 5 aromatic rings. The number of pyridine rings is 2. The van der Waals surface area contributed by atoms with Crippen LogP contribution >= 0.6 is 11.6 Å². The molecule has 0 radical (unpaired) electrons. The number of rotatable bonds is 4. The fraction of sp³-hybridized carbons (Fsp3) is 0.0455. The van der Waals surface area contributed by atoms with Crippen molar-refractivity contribution in [2.45, 2.75) is 5.88 Å². The largest absolute Gasteiger partial charge is 0.383 e. The summed E-state index contributed by atoms with van der Waals surface area (Å²) in [4.78, 5) is 21.5. The lowest BCUT2D eigenvalue weighted by atomic mass is 10.2. The smallest absolute Gasteiger partial charge is 0.231 e. The molecule has 0 atom stereocenters. The first-order valence-electron chi connectivity index (χ1n) is 9.37. The van der Waals surface area contributed by atoms with E-state index in [-0.39, 0.29) is 0 Å². The number of nitrogens with two attached hydrogens (primary N) is 1. The number of anilines is 1. The lowest BCUT2D eigenvalue weighted by Gasteiger charge is -2.11. The molecule has 7 nitrogen and oxygen atoms in total. The normalized spacial score (nSPS) is 11.2. The van der Waals surface area contributed by atoms with Gasteiger partial charge in [0, 0.05) is 17.8 Å². The summed E-state index contributed by atoms with van der Waals surface area (Å²) in [6.07, 6.45) is 4.04. The number of nitrogen functional groups attached to an aromatic ring is 1. The van der Waals surface area contributed by atoms with E-state index >= 15 is 0 Å². The number of fused-ring (bicyclic) bond motifs is 1. The molecule has 0 fully saturated rings. The summed E-state index contributed by atoms with van der Waals surface area (Å²) in [5.41, 5.74) is 10.9. The summed E-state index contributed by atoms with van der Waals surface area (Å²) in [6.45, 7) is 0. The number of hydrogen-bond acceptors (Lipinski definition) is 6. The van der Waals surface area contributed by atoms with Crippen molar-refractivity contribution < 1.29 is 4.39 Å². The molecule has 0 amide bonds. The zero-order valence-electron chi connectivity index (χ0n) is 16.1. The van der Waals surface area contributed by atoms with Gasteiger partial charge in [0.25, 0.3) is 0 Å². The zero-order chi connectivity index (χ0) is 21.4. The maximum atomic E-state index is 13.2. The van der Waals surface area contributed by atoms with Gasteiger partial charge < -0.3 is 5.73 Å². The Morgan fingerprint density at radius 3 is 2.45 bits per heavy atom. The second-order valence-corrected chi connectivity index (χ2v) is 7.04. The Bertz CT molecular complexity index is 1380. The van der Waals surface area contributed by atoms with Gasteiger partial charge >= 0.3 is 0 Å². The predicted molar refractivity (Wildman–Crippen MR) is 117 cm³/mol. The monoisotopic (exact) mass is 431 g/mol. The van der Waals surface area contributed by atoms with Gasteiger partial charge in [0.05, 0.1) is 23.7 Å². The molecule has 2 N–H and O–H groups in total. The highest BCUT2D eigenvalue weighted by Crippen LogP contribution is 2.31. The zero-order valence-corrected chi connectivity index (χ0v) is 16.8. The van der Waals surface area contributed by atoms with Crippen molar-refractivity contribution in [3.8, 4) is 28.5 Å². The molecule has 0 saturated carbocycles. The Balaban J connectivity index is 1.77. The van der Waals surface area contributed by atoms with Gasteiger partial charge in [-0.15, -0.1) is 11.6 Å². The predicted octanol–water partition coefficient (Wildman–Crippen LogP) is 4.40. The van der Waals surface area contributed by atoms with Crippen LogP contribution in [0.2, 0.25) is 0 Å². The summed E-state index contributed by atoms with van der Waals surface area (Å²) in [7, 11) is 0. The third kappa shape index (κ3) is 3.47. The average Bonchev–Trinajstić information content (AvgIpc) is 3.18. The highest BCUT2D eigenvalue weighted by atomic mass is 35.5. The van der Waals surface area contributed by atoms with Crippen LogP contribution in [-0.2, 0) is 5.88 Å². The maximum Gasteiger partial charge on any atom is 0.231 e. The maximum absolute atomic E-state index is 13.2. The van der Waals surface area contributed by atoms with Gasteiger partial charge in [0.2, 0.25) is 5.95 Å². The van der Waals surface area contributed by atoms with E-state index < -0.39 is 5.95 Å². The minimum atomic E-state index is -0.649. The first-order chi connectivity index (χ1) is 15.1. The van der Waals surface area contributed by atoms with Crippen LogP contribution < -0.4 is 5.73 Å². The topological polar surface area (TPSA) is 95.4 Å². The van der Waals surface area contributed by atoms with E-state index in [1.165, 1.54) is 6.20 Å². The summed E-state index contributed by atoms with van der Waals surface area (Å²) >= 11 is 5.95. The number of alkyl halides is 1. The SMILES string of the molecule is Nc1ncccc1-c1nc2ccc(-c3cnc(F)cn3)nc2n1-c1ccc(CCl)cc1. The average molecular weight is 432 g/mol. The molecule has 1 aromatic carbocycles. The quantitative estimate of drug-likeness (QED) is 0.424. The molecular formula is C22H15ClFN7. The molecule has 5 rings (SSSR count). The Hall–Kier alpha value is -3.91. The Labute approximate surface area is 181 Å². The van der Waals surface area contributed by atoms with E-state index in [4.69, 9.17) is 27.3 Å². The van der Waals surface area contributed by atoms with Crippen molar-refractivity contribution in [3.05, 3.63) is 78.6 Å². The Kier molecular flexibility index (Phi) is 4.76. The van der Waals surface area contributed by atoms with E-state index in [1.54, 1.807) is 18.3 Å². The third-order valence-corrected chi connectivity index (χ3v) is 5.12. The molecular weight excluding hydrogens is 417 g/mol. The van der Waals surface area contributed by atoms with Gasteiger partial charge in [-0.2, -0.15) is 4.39 Å². The van der Waals surface area contributed by atoms with Crippen LogP contribution in [0.25, 0.3) is 39.6 Å². The fourth-order valence-electron chi connectivity index (χ4n) is 3.31. The number of nitrogens with zero attached hydrogens (tertiary/aromatic N) is 6. The van der Waals surface area contributed by atoms with Gasteiger partial charge in [0.15, 0.2) is 11.5 Å². The summed E-state index contributed by atoms with van der Waals surface area (Å²) in [5.74, 6) is 0.734. The number of halogens is 2. The van der Waals surface area contributed by atoms with Gasteiger partial charge in [-0.1, -0.05) is 12.1 Å². The number of aromatic nitrogens is 6. The number of hydrogen-bond donors (Lipinski definition) is 1. The standard InChI is InChI=1S/C22H15ClFN7/c23-10-13-3-5-14(6-4-13)31-21(15-2-1-9-26-20(15)25)30-17-8-7-16(29-22(17)31)18-11-28-19(24)12-27-18/h1-9,11-12H,10H2,(H2,25,26). The molecule has 152 valence electrons. The molecule has 0 aliphatic rings. The Morgan fingerprint density at radius 2 is 1.74 bits per heavy atom. The van der Waals surface area contributed by atoms with Crippen molar-refractivity contribution in [2.75, 3.05) is 5.73 Å². The molecule has 0 aliphatic heterocycles.